The van der Waals surface area contributed by atoms with E-state index in [4.69, 9.17) is 0 Å². The highest BCUT2D eigenvalue weighted by atomic mass is 32.1. The van der Waals surface area contributed by atoms with Gasteiger partial charge in [-0.25, -0.2) is 4.98 Å². The Balaban J connectivity index is 1.59. The predicted octanol–water partition coefficient (Wildman–Crippen LogP) is 3.54. The zero-order chi connectivity index (χ0) is 19.4. The van der Waals surface area contributed by atoms with Gasteiger partial charge in [0.25, 0.3) is 5.91 Å². The second-order valence-electron chi connectivity index (χ2n) is 7.40. The largest absolute Gasteiger partial charge is 0.508 e. The van der Waals surface area contributed by atoms with E-state index in [0.717, 1.165) is 25.9 Å². The van der Waals surface area contributed by atoms with Crippen LogP contribution in [0.25, 0.3) is 0 Å². The molecule has 0 unspecified atom stereocenters. The third kappa shape index (κ3) is 5.29. The molecule has 1 fully saturated rings. The molecule has 1 aliphatic heterocycles. The van der Waals surface area contributed by atoms with Crippen LogP contribution in [0, 0.1) is 11.8 Å². The minimum Gasteiger partial charge on any atom is -0.508 e. The lowest BCUT2D eigenvalue weighted by molar-refractivity contribution is -0.130. The molecule has 3 rings (SSSR count). The van der Waals surface area contributed by atoms with E-state index in [-0.39, 0.29) is 24.0 Å². The van der Waals surface area contributed by atoms with Crippen molar-refractivity contribution in [2.75, 3.05) is 18.4 Å². The van der Waals surface area contributed by atoms with Gasteiger partial charge in [0.1, 0.15) is 5.75 Å². The van der Waals surface area contributed by atoms with Gasteiger partial charge in [-0.2, -0.15) is 0 Å². The third-order valence-electron chi connectivity index (χ3n) is 4.79. The van der Waals surface area contributed by atoms with Crippen LogP contribution in [0.4, 0.5) is 5.13 Å². The molecule has 1 aliphatic rings. The molecule has 0 radical (unpaired) electrons. The lowest BCUT2D eigenvalue weighted by atomic mass is 9.97. The average Bonchev–Trinajstić information content (AvgIpc) is 2.96. The first-order valence-electron chi connectivity index (χ1n) is 9.23. The molecule has 0 spiro atoms. The molecule has 2 aromatic rings. The number of nitrogens with one attached hydrogen (secondary N) is 1. The highest BCUT2D eigenvalue weighted by Crippen LogP contribution is 2.23. The molecule has 1 aromatic heterocycles. The Bertz CT molecular complexity index is 820. The molecule has 6 nitrogen and oxygen atoms in total. The van der Waals surface area contributed by atoms with Crippen molar-refractivity contribution in [3.8, 4) is 5.75 Å². The number of nitrogens with zero attached hydrogens (tertiary/aromatic N) is 2. The highest BCUT2D eigenvalue weighted by Gasteiger charge is 2.23. The van der Waals surface area contributed by atoms with Gasteiger partial charge < -0.3 is 10.0 Å². The van der Waals surface area contributed by atoms with Crippen LogP contribution in [0.5, 0.6) is 5.75 Å². The first-order valence-corrected chi connectivity index (χ1v) is 10.1. The number of hydrogen-bond donors (Lipinski definition) is 2. The number of thiazole rings is 1. The number of benzene rings is 1. The van der Waals surface area contributed by atoms with Gasteiger partial charge in [-0.3, -0.25) is 14.9 Å². The molecule has 0 bridgehead atoms. The second-order valence-corrected chi connectivity index (χ2v) is 8.26. The van der Waals surface area contributed by atoms with Gasteiger partial charge in [0.15, 0.2) is 5.13 Å². The Morgan fingerprint density at radius 2 is 2.15 bits per heavy atom. The van der Waals surface area contributed by atoms with Gasteiger partial charge in [-0.05, 0) is 42.9 Å². The average molecular weight is 388 g/mol. The van der Waals surface area contributed by atoms with Crippen molar-refractivity contribution < 1.29 is 14.7 Å². The highest BCUT2D eigenvalue weighted by molar-refractivity contribution is 7.14. The van der Waals surface area contributed by atoms with E-state index in [2.05, 4.69) is 24.1 Å². The van der Waals surface area contributed by atoms with E-state index in [0.29, 0.717) is 28.2 Å². The van der Waals surface area contributed by atoms with Crippen LogP contribution in [-0.4, -0.2) is 39.9 Å². The molecule has 1 saturated heterocycles. The smallest absolute Gasteiger partial charge is 0.257 e. The van der Waals surface area contributed by atoms with Crippen LogP contribution < -0.4 is 5.32 Å². The van der Waals surface area contributed by atoms with Crippen molar-refractivity contribution in [1.82, 2.24) is 9.88 Å². The molecule has 2 atom stereocenters. The summed E-state index contributed by atoms with van der Waals surface area (Å²) in [6, 6.07) is 6.14. The number of phenolic OH excluding ortho intramolecular Hbond substituents is 1. The minimum absolute atomic E-state index is 0.0362. The number of rotatable bonds is 4. The fourth-order valence-corrected chi connectivity index (χ4v) is 4.18. The molecule has 0 saturated carbocycles. The molecule has 144 valence electrons. The quantitative estimate of drug-likeness (QED) is 0.841. The number of anilines is 1. The normalized spacial score (nSPS) is 20.1. The lowest BCUT2D eigenvalue weighted by Crippen LogP contribution is -2.35. The van der Waals surface area contributed by atoms with Gasteiger partial charge in [0.05, 0.1) is 12.1 Å². The number of likely N-dealkylation sites (tertiary alicyclic amines) is 1. The van der Waals surface area contributed by atoms with Crippen molar-refractivity contribution in [2.45, 2.75) is 33.1 Å². The van der Waals surface area contributed by atoms with Crippen LogP contribution >= 0.6 is 11.3 Å². The van der Waals surface area contributed by atoms with Gasteiger partial charge in [0.2, 0.25) is 5.91 Å². The maximum Gasteiger partial charge on any atom is 0.257 e. The fourth-order valence-electron chi connectivity index (χ4n) is 3.48. The Morgan fingerprint density at radius 3 is 2.93 bits per heavy atom. The molecule has 0 aliphatic carbocycles. The van der Waals surface area contributed by atoms with E-state index in [1.54, 1.807) is 17.5 Å². The van der Waals surface area contributed by atoms with Gasteiger partial charge in [-0.15, -0.1) is 11.3 Å². The lowest BCUT2D eigenvalue weighted by Gasteiger charge is -2.22. The van der Waals surface area contributed by atoms with E-state index in [1.807, 2.05) is 4.90 Å². The summed E-state index contributed by atoms with van der Waals surface area (Å²) in [5, 5.41) is 14.4. The zero-order valence-electron chi connectivity index (χ0n) is 15.6. The van der Waals surface area contributed by atoms with Crippen molar-refractivity contribution in [3.05, 3.63) is 40.9 Å². The number of hydrogen-bond acceptors (Lipinski definition) is 5. The van der Waals surface area contributed by atoms with Crippen LogP contribution in [0.15, 0.2) is 29.6 Å². The summed E-state index contributed by atoms with van der Waals surface area (Å²) < 4.78 is 0. The molecular weight excluding hydrogens is 362 g/mol. The maximum atomic E-state index is 12.6. The first kappa shape index (κ1) is 19.4. The molecule has 2 amide bonds. The van der Waals surface area contributed by atoms with Crippen LogP contribution in [0.2, 0.25) is 0 Å². The van der Waals surface area contributed by atoms with Gasteiger partial charge in [0, 0.05) is 24.0 Å². The minimum atomic E-state index is -0.339. The summed E-state index contributed by atoms with van der Waals surface area (Å²) in [7, 11) is 0. The predicted molar refractivity (Wildman–Crippen MR) is 106 cm³/mol. The Morgan fingerprint density at radius 1 is 1.33 bits per heavy atom. The van der Waals surface area contributed by atoms with Gasteiger partial charge >= 0.3 is 0 Å². The maximum absolute atomic E-state index is 12.6. The van der Waals surface area contributed by atoms with E-state index >= 15 is 0 Å². The van der Waals surface area contributed by atoms with Gasteiger partial charge in [-0.1, -0.05) is 19.9 Å². The first-order chi connectivity index (χ1) is 12.9. The van der Waals surface area contributed by atoms with E-state index < -0.39 is 0 Å². The van der Waals surface area contributed by atoms with Crippen molar-refractivity contribution in [3.63, 3.8) is 0 Å². The number of phenols is 1. The third-order valence-corrected chi connectivity index (χ3v) is 5.60. The van der Waals surface area contributed by atoms with Crippen LogP contribution in [-0.2, 0) is 11.2 Å². The summed E-state index contributed by atoms with van der Waals surface area (Å²) in [5.41, 5.74) is 1.02. The fraction of sp³-hybridized carbons (Fsp3) is 0.450. The number of amides is 2. The standard InChI is InChI=1S/C20H25N3O3S/c1-13-6-7-23(11-14(2)8-13)18(25)10-16-12-27-20(21-16)22-19(26)15-4-3-5-17(24)9-15/h3-5,9,12-14,24H,6-8,10-11H2,1-2H3,(H,21,22,26)/t13-,14+/m0/s1. The Hall–Kier alpha value is -2.41. The Kier molecular flexibility index (Phi) is 6.11. The monoisotopic (exact) mass is 387 g/mol. The molecule has 1 aromatic carbocycles. The summed E-state index contributed by atoms with van der Waals surface area (Å²) in [6.07, 6.45) is 2.45. The van der Waals surface area contributed by atoms with E-state index in [9.17, 15) is 14.7 Å². The van der Waals surface area contributed by atoms with Crippen LogP contribution in [0.1, 0.15) is 42.7 Å². The number of aromatic hydroxyl groups is 1. The molecule has 7 heteroatoms. The molecule has 2 heterocycles. The summed E-state index contributed by atoms with van der Waals surface area (Å²) >= 11 is 1.29. The second kappa shape index (κ2) is 8.52. The number of carbonyl (C=O) groups excluding carboxylic acids is 2. The summed E-state index contributed by atoms with van der Waals surface area (Å²) in [5.74, 6) is 0.949. The van der Waals surface area contributed by atoms with E-state index in [1.165, 1.54) is 23.5 Å². The summed E-state index contributed by atoms with van der Waals surface area (Å²) in [6.45, 7) is 6.04. The van der Waals surface area contributed by atoms with Crippen molar-refractivity contribution in [1.29, 1.82) is 0 Å². The topological polar surface area (TPSA) is 82.5 Å². The number of carbonyl (C=O) groups is 2. The molecular formula is C20H25N3O3S. The van der Waals surface area contributed by atoms with Crippen molar-refractivity contribution in [2.24, 2.45) is 11.8 Å². The SMILES string of the molecule is C[C@@H]1C[C@@H](C)CCN(C(=O)Cc2csc(NC(=O)c3cccc(O)c3)n2)C1. The number of aromatic nitrogens is 1. The Labute approximate surface area is 163 Å². The van der Waals surface area contributed by atoms with Crippen molar-refractivity contribution >= 4 is 28.3 Å². The zero-order valence-corrected chi connectivity index (χ0v) is 16.5. The molecule has 27 heavy (non-hydrogen) atoms. The van der Waals surface area contributed by atoms with Crippen LogP contribution in [0.3, 0.4) is 0 Å². The molecule has 2 N–H and O–H groups in total. The summed E-state index contributed by atoms with van der Waals surface area (Å²) in [4.78, 5) is 31.2.